The van der Waals surface area contributed by atoms with Crippen LogP contribution in [0.1, 0.15) is 39.6 Å². The molecular weight excluding hydrogens is 332 g/mol. The molecule has 0 bridgehead atoms. The summed E-state index contributed by atoms with van der Waals surface area (Å²) in [6.07, 6.45) is 1.59. The molecule has 1 aliphatic heterocycles. The van der Waals surface area contributed by atoms with Crippen LogP contribution in [-0.4, -0.2) is 29.9 Å². The van der Waals surface area contributed by atoms with Crippen molar-refractivity contribution in [3.63, 3.8) is 0 Å². The van der Waals surface area contributed by atoms with Crippen LogP contribution in [0, 0.1) is 5.92 Å². The lowest BCUT2D eigenvalue weighted by molar-refractivity contribution is -0.121. The van der Waals surface area contributed by atoms with E-state index in [1.165, 1.54) is 12.1 Å². The van der Waals surface area contributed by atoms with Crippen molar-refractivity contribution in [3.05, 3.63) is 59.2 Å². The fourth-order valence-corrected chi connectivity index (χ4v) is 3.07. The Morgan fingerprint density at radius 2 is 1.77 bits per heavy atom. The third kappa shape index (κ3) is 3.44. The van der Waals surface area contributed by atoms with Crippen LogP contribution in [0.4, 0.5) is 11.4 Å². The van der Waals surface area contributed by atoms with Gasteiger partial charge in [-0.05, 0) is 54.8 Å². The van der Waals surface area contributed by atoms with E-state index in [9.17, 15) is 14.4 Å². The molecule has 0 spiro atoms. The SMILES string of the molecule is CC1CCc2ccc(C(=O)Nc3ccc(C(=O)O)cc3)cc2N(C)C1=O. The zero-order chi connectivity index (χ0) is 18.8. The number of benzene rings is 2. The molecule has 26 heavy (non-hydrogen) atoms. The number of fused-ring (bicyclic) bond motifs is 1. The van der Waals surface area contributed by atoms with Crippen molar-refractivity contribution in [2.24, 2.45) is 5.92 Å². The minimum absolute atomic E-state index is 0.0440. The van der Waals surface area contributed by atoms with Gasteiger partial charge in [-0.1, -0.05) is 13.0 Å². The van der Waals surface area contributed by atoms with E-state index in [0.717, 1.165) is 24.1 Å². The molecule has 2 N–H and O–H groups in total. The average molecular weight is 352 g/mol. The third-order valence-corrected chi connectivity index (χ3v) is 4.70. The molecule has 1 atom stereocenters. The van der Waals surface area contributed by atoms with E-state index in [-0.39, 0.29) is 23.3 Å². The van der Waals surface area contributed by atoms with Gasteiger partial charge in [0.25, 0.3) is 5.91 Å². The molecule has 3 rings (SSSR count). The van der Waals surface area contributed by atoms with Crippen LogP contribution < -0.4 is 10.2 Å². The first-order valence-electron chi connectivity index (χ1n) is 8.42. The molecule has 0 radical (unpaired) electrons. The number of nitrogens with zero attached hydrogens (tertiary/aromatic N) is 1. The largest absolute Gasteiger partial charge is 0.478 e. The maximum atomic E-state index is 12.5. The Labute approximate surface area is 151 Å². The number of nitrogens with one attached hydrogen (secondary N) is 1. The molecule has 1 aliphatic rings. The standard InChI is InChI=1S/C20H20N2O4/c1-12-3-4-13-5-6-15(11-17(13)22(2)19(12)24)18(23)21-16-9-7-14(8-10-16)20(25)26/h5-12H,3-4H2,1-2H3,(H,21,23)(H,25,26). The second kappa shape index (κ2) is 7.00. The van der Waals surface area contributed by atoms with Crippen LogP contribution in [0.2, 0.25) is 0 Å². The Balaban J connectivity index is 1.82. The molecule has 2 aromatic rings. The van der Waals surface area contributed by atoms with Crippen LogP contribution in [-0.2, 0) is 11.2 Å². The van der Waals surface area contributed by atoms with Gasteiger partial charge in [-0.25, -0.2) is 4.79 Å². The fraction of sp³-hybridized carbons (Fsp3) is 0.250. The monoisotopic (exact) mass is 352 g/mol. The lowest BCUT2D eigenvalue weighted by Gasteiger charge is -2.20. The Bertz CT molecular complexity index is 874. The minimum Gasteiger partial charge on any atom is -0.478 e. The quantitative estimate of drug-likeness (QED) is 0.888. The highest BCUT2D eigenvalue weighted by Crippen LogP contribution is 2.29. The van der Waals surface area contributed by atoms with Gasteiger partial charge in [-0.15, -0.1) is 0 Å². The molecule has 2 aromatic carbocycles. The first-order chi connectivity index (χ1) is 12.4. The molecule has 0 saturated heterocycles. The van der Waals surface area contributed by atoms with Crippen molar-refractivity contribution in [2.75, 3.05) is 17.3 Å². The second-order valence-electron chi connectivity index (χ2n) is 6.52. The van der Waals surface area contributed by atoms with Crippen molar-refractivity contribution in [1.82, 2.24) is 0 Å². The normalized spacial score (nSPS) is 16.6. The van der Waals surface area contributed by atoms with Gasteiger partial charge in [0.1, 0.15) is 0 Å². The summed E-state index contributed by atoms with van der Waals surface area (Å²) < 4.78 is 0. The highest BCUT2D eigenvalue weighted by Gasteiger charge is 2.25. The van der Waals surface area contributed by atoms with E-state index in [2.05, 4.69) is 5.32 Å². The molecule has 0 saturated carbocycles. The number of aryl methyl sites for hydroxylation is 1. The highest BCUT2D eigenvalue weighted by atomic mass is 16.4. The van der Waals surface area contributed by atoms with E-state index in [1.54, 1.807) is 36.2 Å². The summed E-state index contributed by atoms with van der Waals surface area (Å²) in [7, 11) is 1.73. The Kier molecular flexibility index (Phi) is 4.75. The van der Waals surface area contributed by atoms with Crippen LogP contribution in [0.5, 0.6) is 0 Å². The maximum absolute atomic E-state index is 12.5. The van der Waals surface area contributed by atoms with Crippen molar-refractivity contribution in [3.8, 4) is 0 Å². The Morgan fingerprint density at radius 1 is 1.12 bits per heavy atom. The molecule has 0 fully saturated rings. The summed E-state index contributed by atoms with van der Waals surface area (Å²) in [5.74, 6) is -1.33. The first-order valence-corrected chi connectivity index (χ1v) is 8.42. The molecule has 0 aromatic heterocycles. The van der Waals surface area contributed by atoms with E-state index in [1.807, 2.05) is 13.0 Å². The number of rotatable bonds is 3. The molecule has 2 amide bonds. The van der Waals surface area contributed by atoms with Gasteiger partial charge in [0, 0.05) is 29.9 Å². The molecule has 0 aliphatic carbocycles. The van der Waals surface area contributed by atoms with Gasteiger partial charge < -0.3 is 15.3 Å². The smallest absolute Gasteiger partial charge is 0.335 e. The number of carboxylic acids is 1. The molecule has 1 heterocycles. The van der Waals surface area contributed by atoms with E-state index in [4.69, 9.17) is 5.11 Å². The van der Waals surface area contributed by atoms with Crippen LogP contribution in [0.15, 0.2) is 42.5 Å². The van der Waals surface area contributed by atoms with Gasteiger partial charge in [0.2, 0.25) is 5.91 Å². The summed E-state index contributed by atoms with van der Waals surface area (Å²) in [4.78, 5) is 37.4. The van der Waals surface area contributed by atoms with Gasteiger partial charge in [-0.2, -0.15) is 0 Å². The third-order valence-electron chi connectivity index (χ3n) is 4.70. The van der Waals surface area contributed by atoms with Gasteiger partial charge in [0.05, 0.1) is 5.56 Å². The van der Waals surface area contributed by atoms with Crippen molar-refractivity contribution < 1.29 is 19.5 Å². The predicted octanol–water partition coefficient (Wildman–Crippen LogP) is 3.18. The van der Waals surface area contributed by atoms with Crippen molar-refractivity contribution >= 4 is 29.2 Å². The van der Waals surface area contributed by atoms with Gasteiger partial charge in [0.15, 0.2) is 0 Å². The zero-order valence-corrected chi connectivity index (χ0v) is 14.7. The van der Waals surface area contributed by atoms with E-state index >= 15 is 0 Å². The summed E-state index contributed by atoms with van der Waals surface area (Å²) in [5.41, 5.74) is 2.91. The lowest BCUT2D eigenvalue weighted by Crippen LogP contribution is -2.30. The van der Waals surface area contributed by atoms with E-state index < -0.39 is 5.97 Å². The van der Waals surface area contributed by atoms with E-state index in [0.29, 0.717) is 11.3 Å². The van der Waals surface area contributed by atoms with Crippen LogP contribution in [0.3, 0.4) is 0 Å². The second-order valence-corrected chi connectivity index (χ2v) is 6.52. The van der Waals surface area contributed by atoms with Gasteiger partial charge in [-0.3, -0.25) is 9.59 Å². The molecule has 6 heteroatoms. The Hall–Kier alpha value is -3.15. The topological polar surface area (TPSA) is 86.7 Å². The zero-order valence-electron chi connectivity index (χ0n) is 14.7. The molecule has 134 valence electrons. The fourth-order valence-electron chi connectivity index (χ4n) is 3.07. The first kappa shape index (κ1) is 17.7. The van der Waals surface area contributed by atoms with Crippen LogP contribution in [0.25, 0.3) is 0 Å². The van der Waals surface area contributed by atoms with Crippen molar-refractivity contribution in [1.29, 1.82) is 0 Å². The number of hydrogen-bond acceptors (Lipinski definition) is 3. The number of carboxylic acid groups (broad SMARTS) is 1. The molecule has 6 nitrogen and oxygen atoms in total. The number of hydrogen-bond donors (Lipinski definition) is 2. The number of carbonyl (C=O) groups is 3. The predicted molar refractivity (Wildman–Crippen MR) is 98.7 cm³/mol. The van der Waals surface area contributed by atoms with Crippen LogP contribution >= 0.6 is 0 Å². The summed E-state index contributed by atoms with van der Waals surface area (Å²) in [6.45, 7) is 1.92. The van der Waals surface area contributed by atoms with Crippen molar-refractivity contribution in [2.45, 2.75) is 19.8 Å². The molecule has 1 unspecified atom stereocenters. The Morgan fingerprint density at radius 3 is 2.42 bits per heavy atom. The summed E-state index contributed by atoms with van der Waals surface area (Å²) in [6, 6.07) is 11.3. The number of anilines is 2. The molecular formula is C20H20N2O4. The maximum Gasteiger partial charge on any atom is 0.335 e. The number of carbonyl (C=O) groups excluding carboxylic acids is 2. The number of amides is 2. The van der Waals surface area contributed by atoms with Gasteiger partial charge >= 0.3 is 5.97 Å². The number of aromatic carboxylic acids is 1. The summed E-state index contributed by atoms with van der Waals surface area (Å²) in [5, 5.41) is 11.7. The lowest BCUT2D eigenvalue weighted by atomic mass is 10.0. The minimum atomic E-state index is -1.02. The summed E-state index contributed by atoms with van der Waals surface area (Å²) >= 11 is 0. The average Bonchev–Trinajstić information content (AvgIpc) is 2.74. The highest BCUT2D eigenvalue weighted by molar-refractivity contribution is 6.06.